The number of aryl methyl sites for hydroxylation is 1. The Morgan fingerprint density at radius 3 is 2.69 bits per heavy atom. The van der Waals surface area contributed by atoms with Gasteiger partial charge in [0.1, 0.15) is 5.82 Å². The van der Waals surface area contributed by atoms with E-state index in [-0.39, 0.29) is 5.82 Å². The topological polar surface area (TPSA) is 22.1 Å². The summed E-state index contributed by atoms with van der Waals surface area (Å²) in [6.07, 6.45) is 1.70. The summed E-state index contributed by atoms with van der Waals surface area (Å²) >= 11 is 0. The zero-order valence-corrected chi connectivity index (χ0v) is 9.20. The third-order valence-corrected chi connectivity index (χ3v) is 2.43. The highest BCUT2D eigenvalue weighted by molar-refractivity contribution is 5.66. The first kappa shape index (κ1) is 10.6. The van der Waals surface area contributed by atoms with Gasteiger partial charge in [0.2, 0.25) is 5.88 Å². The highest BCUT2D eigenvalue weighted by Gasteiger charge is 2.05. The summed E-state index contributed by atoms with van der Waals surface area (Å²) in [5, 5.41) is 0. The Kier molecular flexibility index (Phi) is 2.86. The summed E-state index contributed by atoms with van der Waals surface area (Å²) in [6, 6.07) is 8.31. The molecular weight excluding hydrogens is 205 g/mol. The molecule has 0 fully saturated rings. The first-order valence-electron chi connectivity index (χ1n) is 4.97. The van der Waals surface area contributed by atoms with Crippen molar-refractivity contribution in [2.45, 2.75) is 6.92 Å². The lowest BCUT2D eigenvalue weighted by Crippen LogP contribution is -1.91. The van der Waals surface area contributed by atoms with Crippen molar-refractivity contribution < 1.29 is 9.13 Å². The quantitative estimate of drug-likeness (QED) is 0.770. The van der Waals surface area contributed by atoms with Crippen molar-refractivity contribution in [2.24, 2.45) is 0 Å². The number of hydrogen-bond donors (Lipinski definition) is 0. The van der Waals surface area contributed by atoms with Crippen LogP contribution >= 0.6 is 0 Å². The van der Waals surface area contributed by atoms with E-state index in [9.17, 15) is 4.39 Å². The molecule has 0 saturated heterocycles. The average Bonchev–Trinajstić information content (AvgIpc) is 2.28. The van der Waals surface area contributed by atoms with Gasteiger partial charge in [-0.1, -0.05) is 12.1 Å². The molecule has 3 heteroatoms. The Hall–Kier alpha value is -1.90. The third kappa shape index (κ3) is 2.03. The lowest BCUT2D eigenvalue weighted by atomic mass is 10.0. The van der Waals surface area contributed by atoms with E-state index in [1.54, 1.807) is 19.4 Å². The van der Waals surface area contributed by atoms with Crippen molar-refractivity contribution in [2.75, 3.05) is 7.11 Å². The van der Waals surface area contributed by atoms with Crippen LogP contribution < -0.4 is 4.74 Å². The number of rotatable bonds is 2. The Balaban J connectivity index is 2.48. The minimum Gasteiger partial charge on any atom is -0.481 e. The molecule has 0 aliphatic heterocycles. The van der Waals surface area contributed by atoms with E-state index >= 15 is 0 Å². The third-order valence-electron chi connectivity index (χ3n) is 2.43. The maximum atomic E-state index is 13.1. The van der Waals surface area contributed by atoms with E-state index in [0.717, 1.165) is 16.7 Å². The molecule has 2 nitrogen and oxygen atoms in total. The van der Waals surface area contributed by atoms with Crippen LogP contribution in [0, 0.1) is 12.7 Å². The summed E-state index contributed by atoms with van der Waals surface area (Å²) in [6.45, 7) is 1.95. The molecule has 0 N–H and O–H groups in total. The van der Waals surface area contributed by atoms with Crippen LogP contribution in [0.3, 0.4) is 0 Å². The van der Waals surface area contributed by atoms with Crippen LogP contribution in [0.1, 0.15) is 5.56 Å². The van der Waals surface area contributed by atoms with E-state index in [1.807, 2.05) is 19.1 Å². The Morgan fingerprint density at radius 1 is 1.25 bits per heavy atom. The van der Waals surface area contributed by atoms with E-state index in [1.165, 1.54) is 12.1 Å². The van der Waals surface area contributed by atoms with Crippen molar-refractivity contribution in [3.05, 3.63) is 47.9 Å². The van der Waals surface area contributed by atoms with Gasteiger partial charge in [-0.25, -0.2) is 9.37 Å². The molecule has 0 unspecified atom stereocenters. The van der Waals surface area contributed by atoms with Gasteiger partial charge in [-0.2, -0.15) is 0 Å². The number of aromatic nitrogens is 1. The van der Waals surface area contributed by atoms with Gasteiger partial charge < -0.3 is 4.74 Å². The molecule has 1 aromatic heterocycles. The van der Waals surface area contributed by atoms with Crippen LogP contribution in [0.5, 0.6) is 5.88 Å². The zero-order valence-electron chi connectivity index (χ0n) is 9.20. The smallest absolute Gasteiger partial charge is 0.213 e. The second-order valence-electron chi connectivity index (χ2n) is 3.55. The number of methoxy groups -OCH3 is 1. The summed E-state index contributed by atoms with van der Waals surface area (Å²) in [5.41, 5.74) is 2.76. The number of pyridine rings is 1. The predicted molar refractivity (Wildman–Crippen MR) is 60.9 cm³/mol. The maximum Gasteiger partial charge on any atom is 0.213 e. The fourth-order valence-electron chi connectivity index (χ4n) is 1.60. The number of hydrogen-bond acceptors (Lipinski definition) is 2. The molecule has 1 heterocycles. The molecule has 0 radical (unpaired) electrons. The second-order valence-corrected chi connectivity index (χ2v) is 3.55. The van der Waals surface area contributed by atoms with Gasteiger partial charge in [-0.3, -0.25) is 0 Å². The Morgan fingerprint density at radius 2 is 2.06 bits per heavy atom. The number of benzene rings is 1. The standard InChI is InChI=1S/C13H12FNO/c1-9-6-13(16-2)15-8-12(9)10-4-3-5-11(14)7-10/h3-8H,1-2H3. The minimum atomic E-state index is -0.243. The van der Waals surface area contributed by atoms with Gasteiger partial charge in [0.15, 0.2) is 0 Å². The molecule has 16 heavy (non-hydrogen) atoms. The summed E-state index contributed by atoms with van der Waals surface area (Å²) < 4.78 is 18.1. The first-order valence-corrected chi connectivity index (χ1v) is 4.97. The van der Waals surface area contributed by atoms with Crippen LogP contribution in [-0.2, 0) is 0 Å². The second kappa shape index (κ2) is 4.31. The highest BCUT2D eigenvalue weighted by atomic mass is 19.1. The minimum absolute atomic E-state index is 0.243. The van der Waals surface area contributed by atoms with E-state index < -0.39 is 0 Å². The molecule has 0 aliphatic rings. The predicted octanol–water partition coefficient (Wildman–Crippen LogP) is 3.20. The summed E-state index contributed by atoms with van der Waals surface area (Å²) in [5.74, 6) is 0.324. The lowest BCUT2D eigenvalue weighted by molar-refractivity contribution is 0.397. The van der Waals surface area contributed by atoms with Gasteiger partial charge in [-0.15, -0.1) is 0 Å². The van der Waals surface area contributed by atoms with Gasteiger partial charge in [0.25, 0.3) is 0 Å². The molecule has 82 valence electrons. The van der Waals surface area contributed by atoms with Crippen LogP contribution in [0.15, 0.2) is 36.5 Å². The molecule has 0 aliphatic carbocycles. The fourth-order valence-corrected chi connectivity index (χ4v) is 1.60. The van der Waals surface area contributed by atoms with E-state index in [4.69, 9.17) is 4.74 Å². The Bertz CT molecular complexity index is 511. The number of ether oxygens (including phenoxy) is 1. The van der Waals surface area contributed by atoms with Crippen molar-refractivity contribution in [3.63, 3.8) is 0 Å². The molecule has 2 rings (SSSR count). The monoisotopic (exact) mass is 217 g/mol. The molecule has 0 bridgehead atoms. The maximum absolute atomic E-state index is 13.1. The molecule has 0 spiro atoms. The molecule has 0 amide bonds. The normalized spacial score (nSPS) is 10.2. The SMILES string of the molecule is COc1cc(C)c(-c2cccc(F)c2)cn1. The first-order chi connectivity index (χ1) is 7.70. The molecular formula is C13H12FNO. The fraction of sp³-hybridized carbons (Fsp3) is 0.154. The molecule has 0 saturated carbocycles. The van der Waals surface area contributed by atoms with Crippen LogP contribution in [0.4, 0.5) is 4.39 Å². The van der Waals surface area contributed by atoms with E-state index in [0.29, 0.717) is 5.88 Å². The van der Waals surface area contributed by atoms with E-state index in [2.05, 4.69) is 4.98 Å². The number of halogens is 1. The van der Waals surface area contributed by atoms with Crippen molar-refractivity contribution in [1.29, 1.82) is 0 Å². The van der Waals surface area contributed by atoms with Crippen molar-refractivity contribution in [1.82, 2.24) is 4.98 Å². The van der Waals surface area contributed by atoms with Gasteiger partial charge in [0.05, 0.1) is 7.11 Å². The van der Waals surface area contributed by atoms with Gasteiger partial charge in [0, 0.05) is 17.8 Å². The van der Waals surface area contributed by atoms with Crippen molar-refractivity contribution >= 4 is 0 Å². The van der Waals surface area contributed by atoms with Crippen molar-refractivity contribution in [3.8, 4) is 17.0 Å². The van der Waals surface area contributed by atoms with Gasteiger partial charge >= 0.3 is 0 Å². The lowest BCUT2D eigenvalue weighted by Gasteiger charge is -2.07. The largest absolute Gasteiger partial charge is 0.481 e. The highest BCUT2D eigenvalue weighted by Crippen LogP contribution is 2.25. The average molecular weight is 217 g/mol. The van der Waals surface area contributed by atoms with Crippen LogP contribution in [-0.4, -0.2) is 12.1 Å². The zero-order chi connectivity index (χ0) is 11.5. The summed E-state index contributed by atoms with van der Waals surface area (Å²) in [7, 11) is 1.57. The molecule has 2 aromatic rings. The molecule has 1 aromatic carbocycles. The van der Waals surface area contributed by atoms with Crippen LogP contribution in [0.2, 0.25) is 0 Å². The molecule has 0 atom stereocenters. The van der Waals surface area contributed by atoms with Gasteiger partial charge in [-0.05, 0) is 30.2 Å². The Labute approximate surface area is 93.7 Å². The number of nitrogens with zero attached hydrogens (tertiary/aromatic N) is 1. The van der Waals surface area contributed by atoms with Crippen LogP contribution in [0.25, 0.3) is 11.1 Å². The summed E-state index contributed by atoms with van der Waals surface area (Å²) in [4.78, 5) is 4.12.